The summed E-state index contributed by atoms with van der Waals surface area (Å²) in [6.45, 7) is 7.12. The summed E-state index contributed by atoms with van der Waals surface area (Å²) in [7, 11) is 1.83. The zero-order valence-electron chi connectivity index (χ0n) is 29.7. The Morgan fingerprint density at radius 1 is 1.00 bits per heavy atom. The number of aromatic nitrogens is 4. The molecule has 9 rings (SSSR count). The predicted octanol–water partition coefficient (Wildman–Crippen LogP) is 7.40. The molecule has 1 unspecified atom stereocenters. The van der Waals surface area contributed by atoms with Gasteiger partial charge in [0, 0.05) is 23.5 Å². The molecule has 0 bridgehead atoms. The number of hydrogen-bond donors (Lipinski definition) is 3. The number of imidazole rings is 2. The molecular formula is C40H45N7O4. The van der Waals surface area contributed by atoms with Crippen molar-refractivity contribution < 1.29 is 19.1 Å². The molecule has 4 atom stereocenters. The van der Waals surface area contributed by atoms with E-state index in [1.807, 2.05) is 34.0 Å². The summed E-state index contributed by atoms with van der Waals surface area (Å²) in [6.07, 6.45) is 7.71. The number of carbonyl (C=O) groups is 2. The third-order valence-electron chi connectivity index (χ3n) is 11.2. The second-order valence-electron chi connectivity index (χ2n) is 15.7. The number of nitrogens with zero attached hydrogens (tertiary/aromatic N) is 4. The molecule has 4 aliphatic rings. The Morgan fingerprint density at radius 2 is 1.88 bits per heavy atom. The fourth-order valence-electron chi connectivity index (χ4n) is 9.01. The number of hydrogen-bond acceptors (Lipinski definition) is 7. The quantitative estimate of drug-likeness (QED) is 0.176. The first-order chi connectivity index (χ1) is 24.6. The van der Waals surface area contributed by atoms with Crippen molar-refractivity contribution >= 4 is 33.8 Å². The highest BCUT2D eigenvalue weighted by atomic mass is 16.6. The van der Waals surface area contributed by atoms with Crippen LogP contribution in [0.2, 0.25) is 0 Å². The molecule has 5 heterocycles. The smallest absolute Gasteiger partial charge is 0.410 e. The molecule has 264 valence electrons. The Bertz CT molecular complexity index is 2180. The number of nitrogens with one attached hydrogen (secondary N) is 3. The molecule has 11 nitrogen and oxygen atoms in total. The number of amides is 2. The summed E-state index contributed by atoms with van der Waals surface area (Å²) in [5.41, 5.74) is 6.57. The molecule has 11 heteroatoms. The average molecular weight is 688 g/mol. The van der Waals surface area contributed by atoms with E-state index in [0.717, 1.165) is 92.8 Å². The van der Waals surface area contributed by atoms with Crippen molar-refractivity contribution in [2.75, 3.05) is 20.1 Å². The van der Waals surface area contributed by atoms with Gasteiger partial charge in [0.2, 0.25) is 5.91 Å². The van der Waals surface area contributed by atoms with E-state index in [0.29, 0.717) is 31.7 Å². The Kier molecular flexibility index (Phi) is 7.61. The molecule has 2 aromatic heterocycles. The van der Waals surface area contributed by atoms with Crippen LogP contribution in [0, 0.1) is 5.92 Å². The predicted molar refractivity (Wildman–Crippen MR) is 195 cm³/mol. The molecule has 3 aromatic carbocycles. The normalized spacial score (nSPS) is 22.7. The van der Waals surface area contributed by atoms with Gasteiger partial charge in [0.05, 0.1) is 41.6 Å². The lowest BCUT2D eigenvalue weighted by Gasteiger charge is -2.29. The van der Waals surface area contributed by atoms with Gasteiger partial charge >= 0.3 is 6.09 Å². The zero-order valence-corrected chi connectivity index (χ0v) is 29.7. The van der Waals surface area contributed by atoms with E-state index in [2.05, 4.69) is 62.6 Å². The van der Waals surface area contributed by atoms with E-state index < -0.39 is 5.60 Å². The standard InChI is InChI=1S/C40H45N7O4/c1-40(2,3)51-39(49)46-14-6-9-32(46)37-42-19-30(44-37)23-10-12-26-25(15-23)21-50-34-18-27-22(16-28(26)34)11-13-29-36(27)45-38(43-29)33-17-24-7-5-8-31(24)47(33)35(48)20-41-4/h10-13,15-16,18-19,24,31-33,41H,5-9,14,17,20-21H2,1-4H3,(H,42,44)(H,43,45)/t24-,31-,32?,33-/m0/s1. The van der Waals surface area contributed by atoms with Crippen LogP contribution in [-0.2, 0) is 16.1 Å². The second-order valence-corrected chi connectivity index (χ2v) is 15.7. The molecule has 5 aromatic rings. The molecule has 1 aliphatic carbocycles. The number of aromatic amines is 2. The fourth-order valence-corrected chi connectivity index (χ4v) is 9.01. The Balaban J connectivity index is 0.996. The number of ether oxygens (including phenoxy) is 2. The molecule has 0 spiro atoms. The first-order valence-electron chi connectivity index (χ1n) is 18.4. The Labute approximate surface area is 297 Å². The minimum absolute atomic E-state index is 0.0356. The largest absolute Gasteiger partial charge is 0.488 e. The van der Waals surface area contributed by atoms with Crippen molar-refractivity contribution in [1.82, 2.24) is 35.1 Å². The third-order valence-corrected chi connectivity index (χ3v) is 11.2. The number of fused-ring (bicyclic) bond motifs is 7. The second kappa shape index (κ2) is 12.1. The van der Waals surface area contributed by atoms with E-state index in [9.17, 15) is 9.59 Å². The summed E-state index contributed by atoms with van der Waals surface area (Å²) in [6, 6.07) is 15.2. The van der Waals surface area contributed by atoms with Gasteiger partial charge in [-0.3, -0.25) is 9.69 Å². The van der Waals surface area contributed by atoms with Crippen molar-refractivity contribution in [2.24, 2.45) is 5.92 Å². The van der Waals surface area contributed by atoms with Crippen molar-refractivity contribution in [1.29, 1.82) is 0 Å². The summed E-state index contributed by atoms with van der Waals surface area (Å²) in [5, 5.41) is 5.19. The highest BCUT2D eigenvalue weighted by Gasteiger charge is 2.47. The lowest BCUT2D eigenvalue weighted by atomic mass is 9.92. The van der Waals surface area contributed by atoms with Crippen molar-refractivity contribution in [3.8, 4) is 28.1 Å². The highest BCUT2D eigenvalue weighted by Crippen LogP contribution is 2.48. The monoisotopic (exact) mass is 687 g/mol. The van der Waals surface area contributed by atoms with E-state index in [4.69, 9.17) is 19.4 Å². The Morgan fingerprint density at radius 3 is 2.73 bits per heavy atom. The van der Waals surface area contributed by atoms with Crippen molar-refractivity contribution in [2.45, 2.75) is 89.6 Å². The number of H-pyrrole nitrogens is 2. The van der Waals surface area contributed by atoms with Gasteiger partial charge in [-0.2, -0.15) is 0 Å². The molecule has 1 saturated carbocycles. The van der Waals surface area contributed by atoms with Crippen LogP contribution in [0.4, 0.5) is 4.79 Å². The van der Waals surface area contributed by atoms with Crippen LogP contribution < -0.4 is 10.1 Å². The van der Waals surface area contributed by atoms with Crippen LogP contribution in [0.5, 0.6) is 5.75 Å². The molecule has 0 radical (unpaired) electrons. The highest BCUT2D eigenvalue weighted by molar-refractivity contribution is 6.07. The maximum Gasteiger partial charge on any atom is 0.410 e. The first-order valence-corrected chi connectivity index (χ1v) is 18.4. The number of carbonyl (C=O) groups excluding carboxylic acids is 2. The van der Waals surface area contributed by atoms with Gasteiger partial charge in [-0.1, -0.05) is 24.6 Å². The number of benzene rings is 3. The van der Waals surface area contributed by atoms with Crippen LogP contribution in [0.3, 0.4) is 0 Å². The maximum absolute atomic E-state index is 13.3. The zero-order chi connectivity index (χ0) is 35.0. The summed E-state index contributed by atoms with van der Waals surface area (Å²) < 4.78 is 12.1. The summed E-state index contributed by atoms with van der Waals surface area (Å²) in [5.74, 6) is 3.19. The van der Waals surface area contributed by atoms with Crippen LogP contribution in [-0.4, -0.2) is 73.5 Å². The van der Waals surface area contributed by atoms with Gasteiger partial charge in [0.1, 0.15) is 29.6 Å². The maximum atomic E-state index is 13.3. The number of likely N-dealkylation sites (tertiary alicyclic amines) is 2. The molecular weight excluding hydrogens is 642 g/mol. The van der Waals surface area contributed by atoms with E-state index >= 15 is 0 Å². The van der Waals surface area contributed by atoms with E-state index in [1.54, 1.807) is 4.90 Å². The van der Waals surface area contributed by atoms with Gasteiger partial charge in [-0.05, 0) is 112 Å². The first kappa shape index (κ1) is 32.0. The lowest BCUT2D eigenvalue weighted by molar-refractivity contribution is -0.133. The SMILES string of the molecule is CNCC(=O)N1[C@H](c2nc3c(ccc4cc5c(cc43)OCc3cc(-c4cnc(C6CCCN6C(=O)OC(C)(C)C)[nH]4)ccc3-5)[nH]2)C[C@@H]2CCC[C@@H]21. The van der Waals surface area contributed by atoms with Gasteiger partial charge in [-0.25, -0.2) is 14.8 Å². The van der Waals surface area contributed by atoms with Crippen LogP contribution in [0.25, 0.3) is 44.2 Å². The molecule has 2 saturated heterocycles. The fraction of sp³-hybridized carbons (Fsp3) is 0.450. The summed E-state index contributed by atoms with van der Waals surface area (Å²) in [4.78, 5) is 47.1. The minimum Gasteiger partial charge on any atom is -0.488 e. The molecule has 3 N–H and O–H groups in total. The van der Waals surface area contributed by atoms with Gasteiger partial charge in [0.15, 0.2) is 0 Å². The van der Waals surface area contributed by atoms with Gasteiger partial charge < -0.3 is 29.7 Å². The van der Waals surface area contributed by atoms with Crippen LogP contribution in [0.15, 0.2) is 48.7 Å². The third kappa shape index (κ3) is 5.53. The Hall–Kier alpha value is -4.90. The van der Waals surface area contributed by atoms with E-state index in [-0.39, 0.29) is 24.1 Å². The number of likely N-dealkylation sites (N-methyl/N-ethyl adjacent to an activating group) is 1. The summed E-state index contributed by atoms with van der Waals surface area (Å²) >= 11 is 0. The molecule has 3 aliphatic heterocycles. The van der Waals surface area contributed by atoms with E-state index in [1.165, 1.54) is 12.8 Å². The molecule has 3 fully saturated rings. The van der Waals surface area contributed by atoms with Crippen molar-refractivity contribution in [3.05, 3.63) is 65.9 Å². The van der Waals surface area contributed by atoms with Gasteiger partial charge in [0.25, 0.3) is 0 Å². The number of rotatable bonds is 5. The van der Waals surface area contributed by atoms with Gasteiger partial charge in [-0.15, -0.1) is 0 Å². The van der Waals surface area contributed by atoms with Crippen molar-refractivity contribution in [3.63, 3.8) is 0 Å². The minimum atomic E-state index is -0.547. The topological polar surface area (TPSA) is 128 Å². The molecule has 2 amide bonds. The molecule has 51 heavy (non-hydrogen) atoms. The average Bonchev–Trinajstić information content (AvgIpc) is 3.93. The van der Waals surface area contributed by atoms with Crippen LogP contribution in [0.1, 0.15) is 88.6 Å². The lowest BCUT2D eigenvalue weighted by Crippen LogP contribution is -2.42. The van der Waals surface area contributed by atoms with Crippen LogP contribution >= 0.6 is 0 Å².